The molecule has 0 bridgehead atoms. The van der Waals surface area contributed by atoms with E-state index in [9.17, 15) is 4.79 Å². The van der Waals surface area contributed by atoms with Crippen LogP contribution in [-0.4, -0.2) is 32.6 Å². The maximum absolute atomic E-state index is 12.3. The van der Waals surface area contributed by atoms with Crippen LogP contribution in [0.3, 0.4) is 0 Å². The number of rotatable bonds is 3. The summed E-state index contributed by atoms with van der Waals surface area (Å²) in [5.41, 5.74) is 2.47. The maximum atomic E-state index is 12.3. The predicted molar refractivity (Wildman–Crippen MR) is 77.4 cm³/mol. The molecule has 0 spiro atoms. The molecule has 6 nitrogen and oxygen atoms in total. The van der Waals surface area contributed by atoms with Crippen LogP contribution in [0, 0.1) is 6.92 Å². The minimum Gasteiger partial charge on any atom is -0.462 e. The number of ether oxygens (including phenoxy) is 1. The second kappa shape index (κ2) is 5.32. The van der Waals surface area contributed by atoms with Gasteiger partial charge in [0.15, 0.2) is 0 Å². The van der Waals surface area contributed by atoms with E-state index in [1.54, 1.807) is 30.9 Å². The molecular weight excluding hydrogens is 268 g/mol. The standard InChI is InChI=1S/C15H14N4O2/c1-3-21-15(20)13-10(2)17-12-7-5-4-6-11(12)14(13)19-9-8-16-18-19/h4-9H,3H2,1-2H3. The number of benzene rings is 1. The van der Waals surface area contributed by atoms with E-state index >= 15 is 0 Å². The van der Waals surface area contributed by atoms with Crippen LogP contribution in [0.5, 0.6) is 0 Å². The molecular formula is C15H14N4O2. The summed E-state index contributed by atoms with van der Waals surface area (Å²) in [4.78, 5) is 16.8. The summed E-state index contributed by atoms with van der Waals surface area (Å²) >= 11 is 0. The SMILES string of the molecule is CCOC(=O)c1c(C)nc2ccccc2c1-n1ccnn1. The minimum absolute atomic E-state index is 0.307. The molecule has 0 aliphatic rings. The van der Waals surface area contributed by atoms with Crippen LogP contribution in [0.1, 0.15) is 23.0 Å². The smallest absolute Gasteiger partial charge is 0.342 e. The van der Waals surface area contributed by atoms with Crippen LogP contribution in [-0.2, 0) is 4.74 Å². The van der Waals surface area contributed by atoms with Gasteiger partial charge >= 0.3 is 5.97 Å². The third-order valence-electron chi connectivity index (χ3n) is 3.18. The lowest BCUT2D eigenvalue weighted by atomic mass is 10.1. The first kappa shape index (κ1) is 13.2. The average molecular weight is 282 g/mol. The molecule has 0 amide bonds. The molecule has 0 unspecified atom stereocenters. The quantitative estimate of drug-likeness (QED) is 0.689. The van der Waals surface area contributed by atoms with Crippen molar-refractivity contribution in [3.63, 3.8) is 0 Å². The van der Waals surface area contributed by atoms with Gasteiger partial charge in [0.25, 0.3) is 0 Å². The van der Waals surface area contributed by atoms with Crippen molar-refractivity contribution in [3.8, 4) is 5.69 Å². The van der Waals surface area contributed by atoms with E-state index < -0.39 is 5.97 Å². The second-order valence-corrected chi connectivity index (χ2v) is 4.51. The molecule has 0 radical (unpaired) electrons. The Morgan fingerprint density at radius 3 is 2.86 bits per heavy atom. The Bertz CT molecular complexity index is 797. The molecule has 0 N–H and O–H groups in total. The van der Waals surface area contributed by atoms with Crippen molar-refractivity contribution in [3.05, 3.63) is 47.9 Å². The van der Waals surface area contributed by atoms with E-state index in [0.717, 1.165) is 10.9 Å². The van der Waals surface area contributed by atoms with Crippen LogP contribution < -0.4 is 0 Å². The molecule has 2 aromatic heterocycles. The first-order chi connectivity index (χ1) is 10.2. The van der Waals surface area contributed by atoms with Gasteiger partial charge in [-0.2, -0.15) is 0 Å². The molecule has 6 heteroatoms. The van der Waals surface area contributed by atoms with Crippen molar-refractivity contribution in [2.24, 2.45) is 0 Å². The number of hydrogen-bond donors (Lipinski definition) is 0. The normalized spacial score (nSPS) is 10.8. The fourth-order valence-corrected chi connectivity index (χ4v) is 2.33. The summed E-state index contributed by atoms with van der Waals surface area (Å²) < 4.78 is 6.73. The van der Waals surface area contributed by atoms with E-state index in [0.29, 0.717) is 23.6 Å². The number of carbonyl (C=O) groups is 1. The van der Waals surface area contributed by atoms with E-state index in [4.69, 9.17) is 4.74 Å². The Kier molecular flexibility index (Phi) is 3.35. The molecule has 0 saturated carbocycles. The Hall–Kier alpha value is -2.76. The number of fused-ring (bicyclic) bond motifs is 1. The molecule has 3 aromatic rings. The van der Waals surface area contributed by atoms with Gasteiger partial charge in [0, 0.05) is 5.39 Å². The summed E-state index contributed by atoms with van der Waals surface area (Å²) in [5, 5.41) is 8.66. The van der Waals surface area contributed by atoms with Crippen LogP contribution in [0.2, 0.25) is 0 Å². The van der Waals surface area contributed by atoms with Gasteiger partial charge < -0.3 is 4.74 Å². The van der Waals surface area contributed by atoms with Crippen molar-refractivity contribution in [1.29, 1.82) is 0 Å². The van der Waals surface area contributed by atoms with Gasteiger partial charge in [0.1, 0.15) is 5.56 Å². The van der Waals surface area contributed by atoms with Gasteiger partial charge in [-0.25, -0.2) is 9.48 Å². The highest BCUT2D eigenvalue weighted by Gasteiger charge is 2.21. The maximum Gasteiger partial charge on any atom is 0.342 e. The van der Waals surface area contributed by atoms with Gasteiger partial charge in [0.05, 0.1) is 35.9 Å². The predicted octanol–water partition coefficient (Wildman–Crippen LogP) is 2.30. The molecule has 106 valence electrons. The molecule has 1 aromatic carbocycles. The van der Waals surface area contributed by atoms with Gasteiger partial charge in [-0.3, -0.25) is 4.98 Å². The summed E-state index contributed by atoms with van der Waals surface area (Å²) in [6.45, 7) is 3.87. The van der Waals surface area contributed by atoms with Gasteiger partial charge in [-0.05, 0) is 19.9 Å². The first-order valence-electron chi connectivity index (χ1n) is 6.65. The van der Waals surface area contributed by atoms with Crippen molar-refractivity contribution in [2.45, 2.75) is 13.8 Å². The lowest BCUT2D eigenvalue weighted by Crippen LogP contribution is -2.14. The van der Waals surface area contributed by atoms with Crippen LogP contribution >= 0.6 is 0 Å². The van der Waals surface area contributed by atoms with E-state index in [1.165, 1.54) is 0 Å². The average Bonchev–Trinajstić information content (AvgIpc) is 2.99. The number of pyridine rings is 1. The topological polar surface area (TPSA) is 69.9 Å². The van der Waals surface area contributed by atoms with E-state index in [1.807, 2.05) is 24.3 Å². The van der Waals surface area contributed by atoms with Gasteiger partial charge in [0.2, 0.25) is 0 Å². The third kappa shape index (κ3) is 2.24. The Morgan fingerprint density at radius 2 is 2.14 bits per heavy atom. The van der Waals surface area contributed by atoms with Crippen LogP contribution in [0.15, 0.2) is 36.7 Å². The number of para-hydroxylation sites is 1. The molecule has 0 saturated heterocycles. The summed E-state index contributed by atoms with van der Waals surface area (Å²) in [6, 6.07) is 7.61. The van der Waals surface area contributed by atoms with Crippen molar-refractivity contribution < 1.29 is 9.53 Å². The molecule has 0 aliphatic heterocycles. The molecule has 3 rings (SSSR count). The molecule has 0 atom stereocenters. The highest BCUT2D eigenvalue weighted by atomic mass is 16.5. The first-order valence-corrected chi connectivity index (χ1v) is 6.65. The van der Waals surface area contributed by atoms with Gasteiger partial charge in [-0.15, -0.1) is 5.10 Å². The third-order valence-corrected chi connectivity index (χ3v) is 3.18. The number of carbonyl (C=O) groups excluding carboxylic acids is 1. The Balaban J connectivity index is 2.37. The molecule has 0 fully saturated rings. The molecule has 0 aliphatic carbocycles. The monoisotopic (exact) mass is 282 g/mol. The number of esters is 1. The van der Waals surface area contributed by atoms with Crippen LogP contribution in [0.4, 0.5) is 0 Å². The lowest BCUT2D eigenvalue weighted by Gasteiger charge is -2.13. The largest absolute Gasteiger partial charge is 0.462 e. The minimum atomic E-state index is -0.404. The van der Waals surface area contributed by atoms with Crippen molar-refractivity contribution in [2.75, 3.05) is 6.61 Å². The Labute approximate surface area is 121 Å². The van der Waals surface area contributed by atoms with Crippen molar-refractivity contribution in [1.82, 2.24) is 20.0 Å². The summed E-state index contributed by atoms with van der Waals surface area (Å²) in [7, 11) is 0. The fraction of sp³-hybridized carbons (Fsp3) is 0.200. The second-order valence-electron chi connectivity index (χ2n) is 4.51. The molecule has 21 heavy (non-hydrogen) atoms. The van der Waals surface area contributed by atoms with E-state index in [2.05, 4.69) is 15.3 Å². The zero-order valence-corrected chi connectivity index (χ0v) is 11.8. The highest BCUT2D eigenvalue weighted by molar-refractivity contribution is 6.02. The number of aromatic nitrogens is 4. The van der Waals surface area contributed by atoms with E-state index in [-0.39, 0.29) is 0 Å². The van der Waals surface area contributed by atoms with Gasteiger partial charge in [-0.1, -0.05) is 23.4 Å². The lowest BCUT2D eigenvalue weighted by molar-refractivity contribution is 0.0525. The highest BCUT2D eigenvalue weighted by Crippen LogP contribution is 2.27. The number of nitrogens with zero attached hydrogens (tertiary/aromatic N) is 4. The summed E-state index contributed by atoms with van der Waals surface area (Å²) in [5.74, 6) is -0.404. The number of hydrogen-bond acceptors (Lipinski definition) is 5. The summed E-state index contributed by atoms with van der Waals surface area (Å²) in [6.07, 6.45) is 3.27. The zero-order valence-electron chi connectivity index (χ0n) is 11.8. The van der Waals surface area contributed by atoms with Crippen LogP contribution in [0.25, 0.3) is 16.6 Å². The van der Waals surface area contributed by atoms with Crippen molar-refractivity contribution >= 4 is 16.9 Å². The molecule has 2 heterocycles. The Morgan fingerprint density at radius 1 is 1.33 bits per heavy atom. The fourth-order valence-electron chi connectivity index (χ4n) is 2.33. The zero-order chi connectivity index (χ0) is 14.8. The number of aryl methyl sites for hydroxylation is 1.